The zero-order valence-corrected chi connectivity index (χ0v) is 18.3. The van der Waals surface area contributed by atoms with Gasteiger partial charge in [-0.05, 0) is 49.1 Å². The van der Waals surface area contributed by atoms with Gasteiger partial charge >= 0.3 is 0 Å². The van der Waals surface area contributed by atoms with Gasteiger partial charge in [0.1, 0.15) is 11.8 Å². The van der Waals surface area contributed by atoms with E-state index in [9.17, 15) is 10.1 Å². The number of nitriles is 1. The molecule has 0 heterocycles. The Morgan fingerprint density at radius 3 is 2.47 bits per heavy atom. The second-order valence-corrected chi connectivity index (χ2v) is 7.38. The Kier molecular flexibility index (Phi) is 8.54. The minimum absolute atomic E-state index is 0.0803. The largest absolute Gasteiger partial charge is 0.493 e. The Labute approximate surface area is 178 Å². The van der Waals surface area contributed by atoms with E-state index >= 15 is 0 Å². The Morgan fingerprint density at radius 2 is 1.83 bits per heavy atom. The summed E-state index contributed by atoms with van der Waals surface area (Å²) in [6, 6.07) is 14.4. The van der Waals surface area contributed by atoms with Crippen molar-refractivity contribution in [3.8, 4) is 23.3 Å². The van der Waals surface area contributed by atoms with Crippen LogP contribution < -0.4 is 19.5 Å². The molecule has 160 valence electrons. The first-order valence-electron chi connectivity index (χ1n) is 10.2. The third-order valence-corrected chi connectivity index (χ3v) is 4.63. The summed E-state index contributed by atoms with van der Waals surface area (Å²) < 4.78 is 17.1. The lowest BCUT2D eigenvalue weighted by Crippen LogP contribution is -2.42. The first kappa shape index (κ1) is 23.1. The van der Waals surface area contributed by atoms with Crippen molar-refractivity contribution in [1.29, 1.82) is 5.26 Å². The van der Waals surface area contributed by atoms with Crippen molar-refractivity contribution in [2.24, 2.45) is 5.92 Å². The van der Waals surface area contributed by atoms with Gasteiger partial charge in [-0.1, -0.05) is 39.0 Å². The van der Waals surface area contributed by atoms with Crippen LogP contribution in [0, 0.1) is 17.2 Å². The summed E-state index contributed by atoms with van der Waals surface area (Å²) in [6.07, 6.45) is 0.180. The molecule has 30 heavy (non-hydrogen) atoms. The number of rotatable bonds is 10. The summed E-state index contributed by atoms with van der Waals surface area (Å²) in [5, 5.41) is 12.3. The van der Waals surface area contributed by atoms with Crippen LogP contribution in [0.4, 0.5) is 0 Å². The van der Waals surface area contributed by atoms with Gasteiger partial charge in [-0.25, -0.2) is 0 Å². The maximum atomic E-state index is 13.0. The molecule has 0 aliphatic rings. The maximum absolute atomic E-state index is 13.0. The van der Waals surface area contributed by atoms with Gasteiger partial charge in [0.15, 0.2) is 17.6 Å². The SMILES string of the molecule is CCCOc1ccc(C(C)NC(=O)C(Oc2ccccc2C#N)C(C)C)cc1OC. The van der Waals surface area contributed by atoms with Gasteiger partial charge in [-0.2, -0.15) is 5.26 Å². The Bertz CT molecular complexity index is 889. The molecule has 6 heteroatoms. The van der Waals surface area contributed by atoms with Crippen LogP contribution in [0.3, 0.4) is 0 Å². The van der Waals surface area contributed by atoms with E-state index in [4.69, 9.17) is 14.2 Å². The molecule has 0 radical (unpaired) electrons. The molecule has 0 saturated heterocycles. The number of nitrogens with zero attached hydrogens (tertiary/aromatic N) is 1. The van der Waals surface area contributed by atoms with Gasteiger partial charge in [0.2, 0.25) is 0 Å². The van der Waals surface area contributed by atoms with Crippen molar-refractivity contribution in [1.82, 2.24) is 5.32 Å². The van der Waals surface area contributed by atoms with Gasteiger partial charge < -0.3 is 19.5 Å². The molecule has 0 fully saturated rings. The van der Waals surface area contributed by atoms with E-state index < -0.39 is 6.10 Å². The second-order valence-electron chi connectivity index (χ2n) is 7.38. The summed E-state index contributed by atoms with van der Waals surface area (Å²) in [4.78, 5) is 13.0. The van der Waals surface area contributed by atoms with Crippen molar-refractivity contribution in [3.05, 3.63) is 53.6 Å². The van der Waals surface area contributed by atoms with Crippen LogP contribution in [0.2, 0.25) is 0 Å². The number of amides is 1. The fraction of sp³-hybridized carbons (Fsp3) is 0.417. The van der Waals surface area contributed by atoms with Crippen LogP contribution in [-0.2, 0) is 4.79 Å². The number of carbonyl (C=O) groups excluding carboxylic acids is 1. The van der Waals surface area contributed by atoms with Gasteiger partial charge in [0.25, 0.3) is 5.91 Å². The zero-order valence-electron chi connectivity index (χ0n) is 18.3. The van der Waals surface area contributed by atoms with E-state index in [2.05, 4.69) is 11.4 Å². The fourth-order valence-corrected chi connectivity index (χ4v) is 2.95. The summed E-state index contributed by atoms with van der Waals surface area (Å²) in [5.74, 6) is 1.39. The smallest absolute Gasteiger partial charge is 0.261 e. The number of carbonyl (C=O) groups is 1. The van der Waals surface area contributed by atoms with Crippen LogP contribution >= 0.6 is 0 Å². The topological polar surface area (TPSA) is 80.6 Å². The molecule has 0 aliphatic carbocycles. The zero-order chi connectivity index (χ0) is 22.1. The number of nitrogens with one attached hydrogen (secondary N) is 1. The molecule has 0 aromatic heterocycles. The van der Waals surface area contributed by atoms with Gasteiger partial charge in [-0.3, -0.25) is 4.79 Å². The monoisotopic (exact) mass is 410 g/mol. The van der Waals surface area contributed by atoms with E-state index in [-0.39, 0.29) is 17.9 Å². The number of benzene rings is 2. The van der Waals surface area contributed by atoms with Crippen LogP contribution in [0.15, 0.2) is 42.5 Å². The van der Waals surface area contributed by atoms with Crippen molar-refractivity contribution < 1.29 is 19.0 Å². The highest BCUT2D eigenvalue weighted by Crippen LogP contribution is 2.30. The van der Waals surface area contributed by atoms with E-state index in [0.717, 1.165) is 12.0 Å². The quantitative estimate of drug-likeness (QED) is 0.617. The third kappa shape index (κ3) is 5.90. The molecule has 0 saturated carbocycles. The van der Waals surface area contributed by atoms with Gasteiger partial charge in [0, 0.05) is 0 Å². The number of ether oxygens (including phenoxy) is 3. The molecule has 0 aliphatic heterocycles. The summed E-state index contributed by atoms with van der Waals surface area (Å²) >= 11 is 0. The predicted molar refractivity (Wildman–Crippen MR) is 116 cm³/mol. The molecule has 2 unspecified atom stereocenters. The number of hydrogen-bond donors (Lipinski definition) is 1. The molecular weight excluding hydrogens is 380 g/mol. The number of methoxy groups -OCH3 is 1. The van der Waals surface area contributed by atoms with E-state index in [1.165, 1.54) is 0 Å². The average molecular weight is 411 g/mol. The Balaban J connectivity index is 2.14. The van der Waals surface area contributed by atoms with Crippen LogP contribution in [0.5, 0.6) is 17.2 Å². The first-order chi connectivity index (χ1) is 14.4. The molecule has 2 aromatic rings. The molecule has 2 aromatic carbocycles. The second kappa shape index (κ2) is 11.1. The number of para-hydroxylation sites is 1. The molecule has 1 N–H and O–H groups in total. The van der Waals surface area contributed by atoms with E-state index in [1.54, 1.807) is 31.4 Å². The predicted octanol–water partition coefficient (Wildman–Crippen LogP) is 4.64. The normalized spacial score (nSPS) is 12.6. The summed E-state index contributed by atoms with van der Waals surface area (Å²) in [5.41, 5.74) is 1.29. The molecule has 2 rings (SSSR count). The average Bonchev–Trinajstić information content (AvgIpc) is 2.75. The molecular formula is C24H30N2O4. The van der Waals surface area contributed by atoms with Crippen LogP contribution in [0.25, 0.3) is 0 Å². The van der Waals surface area contributed by atoms with E-state index in [1.807, 2.05) is 45.9 Å². The molecule has 0 bridgehead atoms. The third-order valence-electron chi connectivity index (χ3n) is 4.63. The van der Waals surface area contributed by atoms with Gasteiger partial charge in [-0.15, -0.1) is 0 Å². The highest BCUT2D eigenvalue weighted by molar-refractivity contribution is 5.82. The van der Waals surface area contributed by atoms with Crippen LogP contribution in [-0.4, -0.2) is 25.7 Å². The van der Waals surface area contributed by atoms with Crippen LogP contribution in [0.1, 0.15) is 51.3 Å². The molecule has 2 atom stereocenters. The Morgan fingerprint density at radius 1 is 1.10 bits per heavy atom. The first-order valence-corrected chi connectivity index (χ1v) is 10.2. The lowest BCUT2D eigenvalue weighted by Gasteiger charge is -2.25. The Hall–Kier alpha value is -3.20. The molecule has 0 spiro atoms. The van der Waals surface area contributed by atoms with Crippen molar-refractivity contribution in [2.75, 3.05) is 13.7 Å². The summed E-state index contributed by atoms with van der Waals surface area (Å²) in [6.45, 7) is 8.37. The minimum atomic E-state index is -0.726. The lowest BCUT2D eigenvalue weighted by atomic mass is 10.0. The highest BCUT2D eigenvalue weighted by atomic mass is 16.5. The molecule has 1 amide bonds. The van der Waals surface area contributed by atoms with Gasteiger partial charge in [0.05, 0.1) is 25.3 Å². The lowest BCUT2D eigenvalue weighted by molar-refractivity contribution is -0.130. The minimum Gasteiger partial charge on any atom is -0.493 e. The standard InChI is InChI=1S/C24H30N2O4/c1-6-13-29-21-12-11-18(14-22(21)28-5)17(4)26-24(27)23(16(2)3)30-20-10-8-7-9-19(20)15-25/h7-12,14,16-17,23H,6,13H2,1-5H3,(H,26,27). The summed E-state index contributed by atoms with van der Waals surface area (Å²) in [7, 11) is 1.59. The molecule has 6 nitrogen and oxygen atoms in total. The van der Waals surface area contributed by atoms with E-state index in [0.29, 0.717) is 29.4 Å². The van der Waals surface area contributed by atoms with Crippen molar-refractivity contribution >= 4 is 5.91 Å². The van der Waals surface area contributed by atoms with Crippen molar-refractivity contribution in [2.45, 2.75) is 46.3 Å². The fourth-order valence-electron chi connectivity index (χ4n) is 2.95. The number of hydrogen-bond acceptors (Lipinski definition) is 5. The maximum Gasteiger partial charge on any atom is 0.261 e. The van der Waals surface area contributed by atoms with Crippen molar-refractivity contribution in [3.63, 3.8) is 0 Å². The highest BCUT2D eigenvalue weighted by Gasteiger charge is 2.27.